The maximum atomic E-state index is 12.7. The van der Waals surface area contributed by atoms with Gasteiger partial charge in [-0.25, -0.2) is 0 Å². The zero-order valence-corrected chi connectivity index (χ0v) is 16.3. The first-order valence-electron chi connectivity index (χ1n) is 10.4. The van der Waals surface area contributed by atoms with Crippen LogP contribution in [0.5, 0.6) is 0 Å². The Labute approximate surface area is 160 Å². The Morgan fingerprint density at radius 2 is 1.96 bits per heavy atom. The molecule has 1 spiro atoms. The number of piperidine rings is 1. The smallest absolute Gasteiger partial charge is 0.242 e. The molecule has 0 N–H and O–H groups in total. The molecule has 1 aliphatic carbocycles. The van der Waals surface area contributed by atoms with Crippen molar-refractivity contribution in [3.63, 3.8) is 0 Å². The number of nitrogens with zero attached hydrogens (tertiary/aromatic N) is 4. The molecule has 7 heteroatoms. The minimum absolute atomic E-state index is 0.102. The molecule has 7 nitrogen and oxygen atoms in total. The summed E-state index contributed by atoms with van der Waals surface area (Å²) in [7, 11) is 0. The van der Waals surface area contributed by atoms with Gasteiger partial charge in [-0.3, -0.25) is 9.59 Å². The van der Waals surface area contributed by atoms with Crippen molar-refractivity contribution >= 4 is 11.8 Å². The molecule has 0 radical (unpaired) electrons. The number of likely N-dealkylation sites (tertiary alicyclic amines) is 2. The third-order valence-corrected chi connectivity index (χ3v) is 6.65. The van der Waals surface area contributed by atoms with E-state index in [2.05, 4.69) is 10.1 Å². The molecule has 0 atom stereocenters. The van der Waals surface area contributed by atoms with Gasteiger partial charge in [-0.2, -0.15) is 4.98 Å². The second kappa shape index (κ2) is 7.60. The van der Waals surface area contributed by atoms with Crippen LogP contribution in [-0.2, 0) is 16.0 Å². The first-order chi connectivity index (χ1) is 13.0. The summed E-state index contributed by atoms with van der Waals surface area (Å²) in [6.45, 7) is 4.36. The molecule has 148 valence electrons. The van der Waals surface area contributed by atoms with E-state index in [1.54, 1.807) is 6.92 Å². The van der Waals surface area contributed by atoms with Crippen molar-refractivity contribution in [2.45, 2.75) is 64.7 Å². The minimum atomic E-state index is 0.102. The maximum Gasteiger partial charge on any atom is 0.242 e. The van der Waals surface area contributed by atoms with E-state index in [0.29, 0.717) is 18.2 Å². The van der Waals surface area contributed by atoms with E-state index in [9.17, 15) is 9.59 Å². The average molecular weight is 374 g/mol. The zero-order valence-electron chi connectivity index (χ0n) is 16.3. The first kappa shape index (κ1) is 18.4. The van der Waals surface area contributed by atoms with Gasteiger partial charge in [0.2, 0.25) is 17.7 Å². The summed E-state index contributed by atoms with van der Waals surface area (Å²) in [6.07, 6.45) is 9.39. The zero-order chi connectivity index (χ0) is 18.9. The molecule has 2 amide bonds. The van der Waals surface area contributed by atoms with Crippen LogP contribution < -0.4 is 0 Å². The highest BCUT2D eigenvalue weighted by atomic mass is 16.5. The van der Waals surface area contributed by atoms with Gasteiger partial charge < -0.3 is 14.3 Å². The number of amides is 2. The number of hydrogen-bond acceptors (Lipinski definition) is 5. The predicted molar refractivity (Wildman–Crippen MR) is 98.8 cm³/mol. The summed E-state index contributed by atoms with van der Waals surface area (Å²) in [6, 6.07) is 0. The molecule has 1 saturated carbocycles. The SMILES string of the molecule is Cc1nc(CC2CCN(C(=O)CN3CC4(CCCCC4)CC3=O)CC2)no1. The van der Waals surface area contributed by atoms with E-state index in [1.165, 1.54) is 19.3 Å². The first-order valence-corrected chi connectivity index (χ1v) is 10.4. The molecule has 4 rings (SSSR count). The average Bonchev–Trinajstić information content (AvgIpc) is 3.19. The quantitative estimate of drug-likeness (QED) is 0.808. The van der Waals surface area contributed by atoms with Crippen LogP contribution in [0.4, 0.5) is 0 Å². The number of rotatable bonds is 4. The van der Waals surface area contributed by atoms with Crippen molar-refractivity contribution in [3.05, 3.63) is 11.7 Å². The molecule has 1 aromatic heterocycles. The van der Waals surface area contributed by atoms with Gasteiger partial charge >= 0.3 is 0 Å². The van der Waals surface area contributed by atoms with Crippen LogP contribution in [0.25, 0.3) is 0 Å². The molecule has 27 heavy (non-hydrogen) atoms. The van der Waals surface area contributed by atoms with Crippen LogP contribution in [0.2, 0.25) is 0 Å². The van der Waals surface area contributed by atoms with Gasteiger partial charge in [0.25, 0.3) is 0 Å². The van der Waals surface area contributed by atoms with Gasteiger partial charge in [0, 0.05) is 39.4 Å². The Bertz CT molecular complexity index is 687. The fourth-order valence-corrected chi connectivity index (χ4v) is 5.09. The fourth-order valence-electron chi connectivity index (χ4n) is 5.09. The normalized spacial score (nSPS) is 23.4. The molecule has 2 saturated heterocycles. The van der Waals surface area contributed by atoms with E-state index in [0.717, 1.165) is 57.6 Å². The van der Waals surface area contributed by atoms with E-state index in [4.69, 9.17) is 4.52 Å². The van der Waals surface area contributed by atoms with Crippen molar-refractivity contribution < 1.29 is 14.1 Å². The lowest BCUT2D eigenvalue weighted by Crippen LogP contribution is -2.45. The predicted octanol–water partition coefficient (Wildman–Crippen LogP) is 2.34. The highest BCUT2D eigenvalue weighted by Crippen LogP contribution is 2.44. The lowest BCUT2D eigenvalue weighted by atomic mass is 9.73. The van der Waals surface area contributed by atoms with Gasteiger partial charge in [0.15, 0.2) is 5.82 Å². The number of hydrogen-bond donors (Lipinski definition) is 0. The number of carbonyl (C=O) groups excluding carboxylic acids is 2. The molecule has 0 aromatic carbocycles. The molecule has 1 aromatic rings. The summed E-state index contributed by atoms with van der Waals surface area (Å²) in [5, 5.41) is 3.97. The third kappa shape index (κ3) is 4.17. The lowest BCUT2D eigenvalue weighted by molar-refractivity contribution is -0.139. The van der Waals surface area contributed by atoms with Gasteiger partial charge in [0.1, 0.15) is 0 Å². The van der Waals surface area contributed by atoms with E-state index in [-0.39, 0.29) is 23.8 Å². The van der Waals surface area contributed by atoms with Gasteiger partial charge in [0.05, 0.1) is 6.54 Å². The van der Waals surface area contributed by atoms with Crippen molar-refractivity contribution in [2.75, 3.05) is 26.2 Å². The number of aromatic nitrogens is 2. The maximum absolute atomic E-state index is 12.7. The Balaban J connectivity index is 1.25. The topological polar surface area (TPSA) is 79.5 Å². The second-order valence-corrected chi connectivity index (χ2v) is 8.75. The molecule has 3 aliphatic rings. The highest BCUT2D eigenvalue weighted by molar-refractivity contribution is 5.86. The molecule has 0 bridgehead atoms. The molecule has 3 heterocycles. The van der Waals surface area contributed by atoms with Crippen LogP contribution in [0.1, 0.15) is 63.1 Å². The molecular weight excluding hydrogens is 344 g/mol. The van der Waals surface area contributed by atoms with Crippen molar-refractivity contribution in [2.24, 2.45) is 11.3 Å². The summed E-state index contributed by atoms with van der Waals surface area (Å²) in [4.78, 5) is 33.2. The van der Waals surface area contributed by atoms with Crippen molar-refractivity contribution in [3.8, 4) is 0 Å². The Morgan fingerprint density at radius 1 is 1.22 bits per heavy atom. The van der Waals surface area contributed by atoms with Crippen LogP contribution in [-0.4, -0.2) is 57.9 Å². The Hall–Kier alpha value is -1.92. The molecule has 3 fully saturated rings. The van der Waals surface area contributed by atoms with Crippen LogP contribution in [0.15, 0.2) is 4.52 Å². The standard InChI is InChI=1S/C20H30N4O3/c1-15-21-17(22-27-15)11-16-5-9-23(10-6-16)19(26)13-24-14-20(12-18(24)25)7-3-2-4-8-20/h16H,2-14H2,1H3. The third-order valence-electron chi connectivity index (χ3n) is 6.65. The number of aryl methyl sites for hydroxylation is 1. The van der Waals surface area contributed by atoms with Crippen LogP contribution in [0, 0.1) is 18.3 Å². The van der Waals surface area contributed by atoms with Crippen molar-refractivity contribution in [1.29, 1.82) is 0 Å². The van der Waals surface area contributed by atoms with Crippen molar-refractivity contribution in [1.82, 2.24) is 19.9 Å². The minimum Gasteiger partial charge on any atom is -0.341 e. The summed E-state index contributed by atoms with van der Waals surface area (Å²) < 4.78 is 5.03. The van der Waals surface area contributed by atoms with E-state index < -0.39 is 0 Å². The van der Waals surface area contributed by atoms with Gasteiger partial charge in [-0.05, 0) is 37.0 Å². The lowest BCUT2D eigenvalue weighted by Gasteiger charge is -2.34. The summed E-state index contributed by atoms with van der Waals surface area (Å²) in [5.74, 6) is 2.13. The van der Waals surface area contributed by atoms with Crippen LogP contribution >= 0.6 is 0 Å². The second-order valence-electron chi connectivity index (χ2n) is 8.75. The molecule has 0 unspecified atom stereocenters. The highest BCUT2D eigenvalue weighted by Gasteiger charge is 2.44. The number of carbonyl (C=O) groups is 2. The Morgan fingerprint density at radius 3 is 2.63 bits per heavy atom. The monoisotopic (exact) mass is 374 g/mol. The van der Waals surface area contributed by atoms with Crippen LogP contribution in [0.3, 0.4) is 0 Å². The van der Waals surface area contributed by atoms with Gasteiger partial charge in [-0.15, -0.1) is 0 Å². The van der Waals surface area contributed by atoms with E-state index >= 15 is 0 Å². The van der Waals surface area contributed by atoms with E-state index in [1.807, 2.05) is 9.80 Å². The van der Waals surface area contributed by atoms with Gasteiger partial charge in [-0.1, -0.05) is 24.4 Å². The molecule has 2 aliphatic heterocycles. The molecular formula is C20H30N4O3. The summed E-state index contributed by atoms with van der Waals surface area (Å²) in [5.41, 5.74) is 0.158. The summed E-state index contributed by atoms with van der Waals surface area (Å²) >= 11 is 0. The Kier molecular flexibility index (Phi) is 5.19. The largest absolute Gasteiger partial charge is 0.341 e. The fraction of sp³-hybridized carbons (Fsp3) is 0.800.